The van der Waals surface area contributed by atoms with E-state index in [0.717, 1.165) is 0 Å². The van der Waals surface area contributed by atoms with Gasteiger partial charge in [-0.3, -0.25) is 0 Å². The smallest absolute Gasteiger partial charge is 0.329 e. The second kappa shape index (κ2) is 5.77. The Labute approximate surface area is 73.0 Å². The van der Waals surface area contributed by atoms with Gasteiger partial charge in [0.05, 0.1) is 6.10 Å². The summed E-state index contributed by atoms with van der Waals surface area (Å²) in [6.45, 7) is 7.35. The first kappa shape index (κ1) is 11.2. The molecule has 0 fully saturated rings. The van der Waals surface area contributed by atoms with Crippen LogP contribution in [0.4, 0.5) is 0 Å². The molecule has 0 saturated heterocycles. The topological polar surface area (TPSA) is 46.5 Å². The van der Waals surface area contributed by atoms with Gasteiger partial charge < -0.3 is 9.84 Å². The molecule has 0 radical (unpaired) electrons. The third-order valence-electron chi connectivity index (χ3n) is 1.56. The molecule has 0 aliphatic rings. The summed E-state index contributed by atoms with van der Waals surface area (Å²) in [7, 11) is 0. The molecule has 0 aromatic heterocycles. The monoisotopic (exact) mass is 172 g/mol. The zero-order valence-electron chi connectivity index (χ0n) is 7.62. The zero-order chi connectivity index (χ0) is 9.56. The first-order valence-corrected chi connectivity index (χ1v) is 4.02. The summed E-state index contributed by atoms with van der Waals surface area (Å²) in [4.78, 5) is 10.2. The van der Waals surface area contributed by atoms with E-state index < -0.39 is 5.97 Å². The molecular weight excluding hydrogens is 156 g/mol. The van der Waals surface area contributed by atoms with Gasteiger partial charge in [0, 0.05) is 0 Å². The molecule has 0 amide bonds. The summed E-state index contributed by atoms with van der Waals surface area (Å²) in [6, 6.07) is 0. The van der Waals surface area contributed by atoms with Gasteiger partial charge in [0.2, 0.25) is 0 Å². The van der Waals surface area contributed by atoms with Crippen LogP contribution < -0.4 is 0 Å². The van der Waals surface area contributed by atoms with Crippen LogP contribution in [0.25, 0.3) is 0 Å². The van der Waals surface area contributed by atoms with Crippen LogP contribution in [0.5, 0.6) is 0 Å². The molecule has 3 heteroatoms. The summed E-state index contributed by atoms with van der Waals surface area (Å²) in [5, 5.41) is 8.36. The van der Waals surface area contributed by atoms with Crippen molar-refractivity contribution >= 4 is 5.97 Å². The molecule has 0 aliphatic carbocycles. The lowest BCUT2D eigenvalue weighted by Gasteiger charge is -2.18. The van der Waals surface area contributed by atoms with Crippen LogP contribution in [-0.2, 0) is 9.53 Å². The van der Waals surface area contributed by atoms with Crippen molar-refractivity contribution in [3.63, 3.8) is 0 Å². The van der Waals surface area contributed by atoms with E-state index in [-0.39, 0.29) is 12.7 Å². The van der Waals surface area contributed by atoms with Crippen molar-refractivity contribution in [3.05, 3.63) is 12.7 Å². The van der Waals surface area contributed by atoms with Crippen LogP contribution in [0, 0.1) is 5.92 Å². The summed E-state index contributed by atoms with van der Waals surface area (Å²) in [6.07, 6.45) is 2.41. The van der Waals surface area contributed by atoms with Gasteiger partial charge in [0.25, 0.3) is 0 Å². The summed E-state index contributed by atoms with van der Waals surface area (Å²) >= 11 is 0. The molecule has 12 heavy (non-hydrogen) atoms. The lowest BCUT2D eigenvalue weighted by molar-refractivity contribution is -0.145. The second-order valence-corrected chi connectivity index (χ2v) is 3.01. The fraction of sp³-hybridized carbons (Fsp3) is 0.667. The molecule has 0 spiro atoms. The first-order chi connectivity index (χ1) is 5.57. The lowest BCUT2D eigenvalue weighted by Crippen LogP contribution is -2.22. The van der Waals surface area contributed by atoms with Crippen molar-refractivity contribution in [3.8, 4) is 0 Å². The molecule has 3 nitrogen and oxygen atoms in total. The Morgan fingerprint density at radius 1 is 1.67 bits per heavy atom. The second-order valence-electron chi connectivity index (χ2n) is 3.01. The molecule has 0 heterocycles. The quantitative estimate of drug-likeness (QED) is 0.620. The van der Waals surface area contributed by atoms with Gasteiger partial charge in [-0.15, -0.1) is 6.58 Å². The van der Waals surface area contributed by atoms with Crippen molar-refractivity contribution in [2.24, 2.45) is 5.92 Å². The Balaban J connectivity index is 3.78. The third-order valence-corrected chi connectivity index (χ3v) is 1.56. The Morgan fingerprint density at radius 3 is 2.58 bits per heavy atom. The van der Waals surface area contributed by atoms with Crippen molar-refractivity contribution < 1.29 is 14.6 Å². The van der Waals surface area contributed by atoms with Gasteiger partial charge >= 0.3 is 5.97 Å². The van der Waals surface area contributed by atoms with E-state index in [1.165, 1.54) is 0 Å². The number of hydrogen-bond acceptors (Lipinski definition) is 2. The van der Waals surface area contributed by atoms with Gasteiger partial charge in [-0.05, 0) is 12.3 Å². The van der Waals surface area contributed by atoms with E-state index in [2.05, 4.69) is 6.58 Å². The molecule has 0 aliphatic heterocycles. The number of carbonyl (C=O) groups is 1. The molecule has 0 rings (SSSR count). The van der Waals surface area contributed by atoms with Crippen LogP contribution in [0.2, 0.25) is 0 Å². The first-order valence-electron chi connectivity index (χ1n) is 4.02. The van der Waals surface area contributed by atoms with E-state index >= 15 is 0 Å². The predicted molar refractivity (Wildman–Crippen MR) is 47.0 cm³/mol. The number of hydrogen-bond donors (Lipinski definition) is 1. The minimum atomic E-state index is -0.926. The van der Waals surface area contributed by atoms with E-state index in [9.17, 15) is 4.79 Å². The van der Waals surface area contributed by atoms with E-state index in [1.807, 2.05) is 13.8 Å². The van der Waals surface area contributed by atoms with Crippen LogP contribution in [0.15, 0.2) is 12.7 Å². The fourth-order valence-electron chi connectivity index (χ4n) is 0.875. The Bertz CT molecular complexity index is 152. The molecule has 70 valence electrons. The minimum Gasteiger partial charge on any atom is -0.480 e. The molecule has 0 aromatic carbocycles. The molecule has 1 N–H and O–H groups in total. The zero-order valence-corrected chi connectivity index (χ0v) is 7.62. The van der Waals surface area contributed by atoms with Crippen LogP contribution in [0.1, 0.15) is 20.3 Å². The van der Waals surface area contributed by atoms with E-state index in [4.69, 9.17) is 9.84 Å². The van der Waals surface area contributed by atoms with Gasteiger partial charge in [0.15, 0.2) is 0 Å². The van der Waals surface area contributed by atoms with Crippen molar-refractivity contribution in [2.45, 2.75) is 26.4 Å². The highest BCUT2D eigenvalue weighted by Crippen LogP contribution is 2.10. The largest absolute Gasteiger partial charge is 0.480 e. The standard InChI is InChI=1S/C9H16O3/c1-4-5-8(7(2)3)12-6-9(10)11/h4,7-8H,1,5-6H2,2-3H3,(H,10,11)/t8-/m0/s1. The number of rotatable bonds is 6. The Morgan fingerprint density at radius 2 is 2.25 bits per heavy atom. The van der Waals surface area contributed by atoms with E-state index in [0.29, 0.717) is 12.3 Å². The van der Waals surface area contributed by atoms with E-state index in [1.54, 1.807) is 6.08 Å². The molecule has 0 unspecified atom stereocenters. The Kier molecular flexibility index (Phi) is 5.37. The highest BCUT2D eigenvalue weighted by atomic mass is 16.5. The number of aliphatic carboxylic acids is 1. The van der Waals surface area contributed by atoms with Gasteiger partial charge in [-0.1, -0.05) is 19.9 Å². The minimum absolute atomic E-state index is 0.0291. The molecule has 1 atom stereocenters. The summed E-state index contributed by atoms with van der Waals surface area (Å²) in [5.74, 6) is -0.605. The number of carboxylic acid groups (broad SMARTS) is 1. The maximum atomic E-state index is 10.2. The number of carboxylic acids is 1. The highest BCUT2D eigenvalue weighted by Gasteiger charge is 2.13. The molecule has 0 bridgehead atoms. The van der Waals surface area contributed by atoms with Gasteiger partial charge in [-0.25, -0.2) is 4.79 Å². The SMILES string of the molecule is C=CC[C@H](OCC(=O)O)C(C)C. The average Bonchev–Trinajstić information content (AvgIpc) is 1.96. The number of ether oxygens (including phenoxy) is 1. The highest BCUT2D eigenvalue weighted by molar-refractivity contribution is 5.68. The predicted octanol–water partition coefficient (Wildman–Crippen LogP) is 1.69. The van der Waals surface area contributed by atoms with Crippen molar-refractivity contribution in [1.82, 2.24) is 0 Å². The van der Waals surface area contributed by atoms with Crippen molar-refractivity contribution in [2.75, 3.05) is 6.61 Å². The third kappa shape index (κ3) is 4.91. The molecule has 0 aromatic rings. The fourth-order valence-corrected chi connectivity index (χ4v) is 0.875. The Hall–Kier alpha value is -0.830. The van der Waals surface area contributed by atoms with Gasteiger partial charge in [0.1, 0.15) is 6.61 Å². The van der Waals surface area contributed by atoms with Crippen LogP contribution in [0.3, 0.4) is 0 Å². The van der Waals surface area contributed by atoms with Gasteiger partial charge in [-0.2, -0.15) is 0 Å². The van der Waals surface area contributed by atoms with Crippen LogP contribution in [-0.4, -0.2) is 23.8 Å². The molecule has 0 saturated carbocycles. The molecular formula is C9H16O3. The van der Waals surface area contributed by atoms with Crippen LogP contribution >= 0.6 is 0 Å². The van der Waals surface area contributed by atoms with Crippen molar-refractivity contribution in [1.29, 1.82) is 0 Å². The maximum absolute atomic E-state index is 10.2. The lowest BCUT2D eigenvalue weighted by atomic mass is 10.0. The summed E-state index contributed by atoms with van der Waals surface area (Å²) in [5.41, 5.74) is 0. The normalized spacial score (nSPS) is 12.9. The maximum Gasteiger partial charge on any atom is 0.329 e. The summed E-state index contributed by atoms with van der Waals surface area (Å²) < 4.78 is 5.13. The average molecular weight is 172 g/mol.